The van der Waals surface area contributed by atoms with Gasteiger partial charge in [0, 0.05) is 24.0 Å². The summed E-state index contributed by atoms with van der Waals surface area (Å²) in [4.78, 5) is 8.74. The summed E-state index contributed by atoms with van der Waals surface area (Å²) in [6, 6.07) is 7.78. The van der Waals surface area contributed by atoms with E-state index in [2.05, 4.69) is 10.3 Å². The van der Waals surface area contributed by atoms with Gasteiger partial charge in [0.05, 0.1) is 13.7 Å². The van der Waals surface area contributed by atoms with Crippen LogP contribution in [-0.2, 0) is 6.54 Å². The molecule has 3 rings (SSSR count). The maximum Gasteiger partial charge on any atom is 0.195 e. The molecule has 0 spiro atoms. The average molecular weight is 345 g/mol. The number of piperidine rings is 1. The number of ether oxygens (including phenoxy) is 1. The fraction of sp³-hybridized carbons (Fsp3) is 0.412. The van der Waals surface area contributed by atoms with Crippen LogP contribution < -0.4 is 20.3 Å². The Morgan fingerprint density at radius 3 is 2.79 bits per heavy atom. The lowest BCUT2D eigenvalue weighted by atomic mass is 10.1. The molecule has 2 aromatic rings. The number of nitrogens with zero attached hydrogens (tertiary/aromatic N) is 3. The highest BCUT2D eigenvalue weighted by atomic mass is 32.1. The molecule has 7 heteroatoms. The van der Waals surface area contributed by atoms with Crippen molar-refractivity contribution in [1.29, 1.82) is 5.41 Å². The summed E-state index contributed by atoms with van der Waals surface area (Å²) in [5.74, 6) is 1.76. The largest absolute Gasteiger partial charge is 0.496 e. The van der Waals surface area contributed by atoms with Gasteiger partial charge in [-0.15, -0.1) is 11.3 Å². The first-order valence-electron chi connectivity index (χ1n) is 8.13. The normalized spacial score (nSPS) is 14.5. The summed E-state index contributed by atoms with van der Waals surface area (Å²) in [5.41, 5.74) is 6.79. The number of guanidine groups is 1. The Morgan fingerprint density at radius 2 is 2.08 bits per heavy atom. The molecule has 3 N–H and O–H groups in total. The van der Waals surface area contributed by atoms with E-state index in [1.807, 2.05) is 24.3 Å². The van der Waals surface area contributed by atoms with Crippen molar-refractivity contribution in [2.45, 2.75) is 25.8 Å². The number of nitrogens with one attached hydrogen (secondary N) is 1. The molecule has 1 aliphatic rings. The van der Waals surface area contributed by atoms with Gasteiger partial charge in [0.25, 0.3) is 0 Å². The Labute approximate surface area is 146 Å². The molecule has 1 aliphatic heterocycles. The third-order valence-corrected chi connectivity index (χ3v) is 5.05. The minimum atomic E-state index is -0.0135. The second-order valence-electron chi connectivity index (χ2n) is 5.82. The van der Waals surface area contributed by atoms with Crippen molar-refractivity contribution in [1.82, 2.24) is 4.98 Å². The molecule has 2 heterocycles. The summed E-state index contributed by atoms with van der Waals surface area (Å²) >= 11 is 1.52. The van der Waals surface area contributed by atoms with Crippen LogP contribution in [0.25, 0.3) is 0 Å². The van der Waals surface area contributed by atoms with E-state index in [1.165, 1.54) is 30.6 Å². The number of nitrogens with two attached hydrogens (primary N) is 1. The van der Waals surface area contributed by atoms with Gasteiger partial charge in [-0.2, -0.15) is 0 Å². The van der Waals surface area contributed by atoms with Gasteiger partial charge >= 0.3 is 0 Å². The van der Waals surface area contributed by atoms with Crippen LogP contribution in [0.4, 0.5) is 10.9 Å². The van der Waals surface area contributed by atoms with Crippen molar-refractivity contribution in [3.63, 3.8) is 0 Å². The zero-order chi connectivity index (χ0) is 16.9. The predicted molar refractivity (Wildman–Crippen MR) is 99.3 cm³/mol. The van der Waals surface area contributed by atoms with E-state index in [1.54, 1.807) is 12.0 Å². The average Bonchev–Trinajstić information content (AvgIpc) is 3.10. The third kappa shape index (κ3) is 3.62. The van der Waals surface area contributed by atoms with Crippen molar-refractivity contribution in [2.75, 3.05) is 30.0 Å². The first kappa shape index (κ1) is 16.6. The lowest BCUT2D eigenvalue weighted by Gasteiger charge is -2.26. The molecule has 0 unspecified atom stereocenters. The van der Waals surface area contributed by atoms with Crippen LogP contribution in [0.1, 0.15) is 24.8 Å². The zero-order valence-electron chi connectivity index (χ0n) is 13.9. The van der Waals surface area contributed by atoms with E-state index in [-0.39, 0.29) is 5.96 Å². The van der Waals surface area contributed by atoms with Crippen molar-refractivity contribution in [2.24, 2.45) is 5.73 Å². The molecule has 0 saturated carbocycles. The van der Waals surface area contributed by atoms with Gasteiger partial charge in [-0.05, 0) is 25.3 Å². The number of rotatable bonds is 5. The first-order chi connectivity index (χ1) is 11.7. The number of benzene rings is 1. The van der Waals surface area contributed by atoms with Crippen molar-refractivity contribution in [3.05, 3.63) is 35.2 Å². The number of aromatic nitrogens is 1. The SMILES string of the molecule is COc1ccccc1CN(C(=N)N)c1nc(N2CCCCC2)cs1. The zero-order valence-corrected chi connectivity index (χ0v) is 14.7. The summed E-state index contributed by atoms with van der Waals surface area (Å²) in [6.07, 6.45) is 3.72. The van der Waals surface area contributed by atoms with Gasteiger partial charge in [0.2, 0.25) is 0 Å². The van der Waals surface area contributed by atoms with Gasteiger partial charge in [-0.1, -0.05) is 18.2 Å². The molecule has 0 aliphatic carbocycles. The molecular weight excluding hydrogens is 322 g/mol. The van der Waals surface area contributed by atoms with Gasteiger partial charge in [-0.3, -0.25) is 10.3 Å². The van der Waals surface area contributed by atoms with Crippen LogP contribution in [0.3, 0.4) is 0 Å². The highest BCUT2D eigenvalue weighted by Crippen LogP contribution is 2.30. The van der Waals surface area contributed by atoms with E-state index in [0.717, 1.165) is 35.4 Å². The highest BCUT2D eigenvalue weighted by molar-refractivity contribution is 7.14. The Bertz CT molecular complexity index is 696. The van der Waals surface area contributed by atoms with E-state index in [4.69, 9.17) is 20.9 Å². The number of thiazole rings is 1. The molecule has 1 aromatic heterocycles. The second-order valence-corrected chi connectivity index (χ2v) is 6.66. The van der Waals surface area contributed by atoms with Gasteiger partial charge in [-0.25, -0.2) is 4.98 Å². The molecule has 1 aromatic carbocycles. The van der Waals surface area contributed by atoms with E-state index < -0.39 is 0 Å². The Hall–Kier alpha value is -2.28. The second kappa shape index (κ2) is 7.53. The van der Waals surface area contributed by atoms with E-state index in [9.17, 15) is 0 Å². The smallest absolute Gasteiger partial charge is 0.195 e. The number of hydrogen-bond acceptors (Lipinski definition) is 5. The molecular formula is C17H23N5OS. The Balaban J connectivity index is 1.81. The van der Waals surface area contributed by atoms with Gasteiger partial charge in [0.1, 0.15) is 11.6 Å². The Kier molecular flexibility index (Phi) is 5.20. The molecule has 0 bridgehead atoms. The molecule has 6 nitrogen and oxygen atoms in total. The molecule has 1 fully saturated rings. The van der Waals surface area contributed by atoms with Crippen LogP contribution in [0, 0.1) is 5.41 Å². The van der Waals surface area contributed by atoms with Crippen LogP contribution >= 0.6 is 11.3 Å². The van der Waals surface area contributed by atoms with Crippen molar-refractivity contribution in [3.8, 4) is 5.75 Å². The minimum Gasteiger partial charge on any atom is -0.496 e. The van der Waals surface area contributed by atoms with Crippen molar-refractivity contribution >= 4 is 28.2 Å². The monoisotopic (exact) mass is 345 g/mol. The molecule has 24 heavy (non-hydrogen) atoms. The predicted octanol–water partition coefficient (Wildman–Crippen LogP) is 3.04. The summed E-state index contributed by atoms with van der Waals surface area (Å²) in [5, 5.41) is 10.7. The summed E-state index contributed by atoms with van der Waals surface area (Å²) in [7, 11) is 1.65. The van der Waals surface area contributed by atoms with Crippen LogP contribution in [-0.4, -0.2) is 31.1 Å². The fourth-order valence-corrected chi connectivity index (χ4v) is 3.76. The molecule has 1 saturated heterocycles. The van der Waals surface area contributed by atoms with Crippen molar-refractivity contribution < 1.29 is 4.74 Å². The van der Waals surface area contributed by atoms with Crippen LogP contribution in [0.2, 0.25) is 0 Å². The summed E-state index contributed by atoms with van der Waals surface area (Å²) in [6.45, 7) is 2.57. The lowest BCUT2D eigenvalue weighted by Crippen LogP contribution is -2.36. The third-order valence-electron chi connectivity index (χ3n) is 4.20. The molecule has 128 valence electrons. The van der Waals surface area contributed by atoms with E-state index >= 15 is 0 Å². The minimum absolute atomic E-state index is 0.0135. The highest BCUT2D eigenvalue weighted by Gasteiger charge is 2.19. The van der Waals surface area contributed by atoms with Gasteiger partial charge < -0.3 is 15.4 Å². The molecule has 0 radical (unpaired) electrons. The standard InChI is InChI=1S/C17H23N5OS/c1-23-14-8-4-3-7-13(14)11-22(16(18)19)17-20-15(12-24-17)21-9-5-2-6-10-21/h3-4,7-8,12H,2,5-6,9-11H2,1H3,(H3,18,19). The molecule has 0 amide bonds. The number of methoxy groups -OCH3 is 1. The summed E-state index contributed by atoms with van der Waals surface area (Å²) < 4.78 is 5.40. The quantitative estimate of drug-likeness (QED) is 0.643. The lowest BCUT2D eigenvalue weighted by molar-refractivity contribution is 0.410. The topological polar surface area (TPSA) is 78.5 Å². The van der Waals surface area contributed by atoms with Crippen LogP contribution in [0.5, 0.6) is 5.75 Å². The fourth-order valence-electron chi connectivity index (χ4n) is 2.91. The first-order valence-corrected chi connectivity index (χ1v) is 9.01. The number of hydrogen-bond donors (Lipinski definition) is 2. The molecule has 0 atom stereocenters. The van der Waals surface area contributed by atoms with Crippen LogP contribution in [0.15, 0.2) is 29.6 Å². The maximum atomic E-state index is 7.94. The Morgan fingerprint density at radius 1 is 1.33 bits per heavy atom. The van der Waals surface area contributed by atoms with E-state index in [0.29, 0.717) is 6.54 Å². The maximum absolute atomic E-state index is 7.94. The number of para-hydroxylation sites is 1. The number of anilines is 2. The van der Waals surface area contributed by atoms with Gasteiger partial charge in [0.15, 0.2) is 11.1 Å².